The summed E-state index contributed by atoms with van der Waals surface area (Å²) in [5, 5.41) is 14.6. The molecule has 0 bridgehead atoms. The Morgan fingerprint density at radius 3 is 2.62 bits per heavy atom. The van der Waals surface area contributed by atoms with Gasteiger partial charge in [-0.25, -0.2) is 0 Å². The van der Waals surface area contributed by atoms with E-state index in [-0.39, 0.29) is 11.9 Å². The maximum Gasteiger partial charge on any atom is 0.253 e. The Labute approximate surface area is 220 Å². The lowest BCUT2D eigenvalue weighted by Gasteiger charge is -2.59. The predicted molar refractivity (Wildman–Crippen MR) is 147 cm³/mol. The van der Waals surface area contributed by atoms with Crippen LogP contribution in [0.1, 0.15) is 54.4 Å². The highest BCUT2D eigenvalue weighted by atomic mass is 16.5. The monoisotopic (exact) mass is 498 g/mol. The number of rotatable bonds is 6. The molecule has 3 fully saturated rings. The second-order valence-electron chi connectivity index (χ2n) is 11.6. The van der Waals surface area contributed by atoms with Gasteiger partial charge >= 0.3 is 0 Å². The Morgan fingerprint density at radius 1 is 1.03 bits per heavy atom. The molecule has 0 radical (unpaired) electrons. The molecule has 0 unspecified atom stereocenters. The first-order chi connectivity index (χ1) is 17.9. The van der Waals surface area contributed by atoms with Crippen LogP contribution in [-0.4, -0.2) is 66.2 Å². The molecule has 5 heteroatoms. The first-order valence-corrected chi connectivity index (χ1v) is 13.8. The fourth-order valence-corrected chi connectivity index (χ4v) is 7.00. The largest absolute Gasteiger partial charge is 0.497 e. The van der Waals surface area contributed by atoms with Gasteiger partial charge in [0.05, 0.1) is 12.7 Å². The van der Waals surface area contributed by atoms with Gasteiger partial charge in [0.25, 0.3) is 5.91 Å². The van der Waals surface area contributed by atoms with Gasteiger partial charge in [-0.3, -0.25) is 4.79 Å². The number of carbonyl (C=O) groups is 1. The predicted octanol–water partition coefficient (Wildman–Crippen LogP) is 5.26. The average molecular weight is 499 g/mol. The summed E-state index contributed by atoms with van der Waals surface area (Å²) in [6.45, 7) is 2.78. The number of likely N-dealkylation sites (tertiary alicyclic amines) is 1. The summed E-state index contributed by atoms with van der Waals surface area (Å²) in [6.07, 6.45) is 5.77. The summed E-state index contributed by atoms with van der Waals surface area (Å²) < 4.78 is 5.59. The number of benzene rings is 3. The van der Waals surface area contributed by atoms with Crippen LogP contribution < -0.4 is 4.74 Å². The number of β-amino-alcohol motifs (C(OH)–C–C–N with tert-alkyl or cyclic N) is 1. The van der Waals surface area contributed by atoms with Crippen LogP contribution in [0.2, 0.25) is 0 Å². The van der Waals surface area contributed by atoms with Gasteiger partial charge in [0, 0.05) is 37.2 Å². The van der Waals surface area contributed by atoms with Gasteiger partial charge in [-0.15, -0.1) is 0 Å². The number of piperidine rings is 1. The molecular weight excluding hydrogens is 460 g/mol. The number of amides is 1. The van der Waals surface area contributed by atoms with Gasteiger partial charge in [0.15, 0.2) is 0 Å². The molecule has 3 aromatic rings. The third-order valence-electron chi connectivity index (χ3n) is 9.41. The van der Waals surface area contributed by atoms with Crippen molar-refractivity contribution in [2.45, 2.75) is 55.6 Å². The zero-order chi connectivity index (χ0) is 25.6. The third-order valence-corrected chi connectivity index (χ3v) is 9.41. The van der Waals surface area contributed by atoms with Gasteiger partial charge in [0.1, 0.15) is 5.75 Å². The van der Waals surface area contributed by atoms with Crippen molar-refractivity contribution >= 4 is 16.7 Å². The van der Waals surface area contributed by atoms with Gasteiger partial charge in [-0.05, 0) is 91.6 Å². The quantitative estimate of drug-likeness (QED) is 0.504. The number of hydrogen-bond donors (Lipinski definition) is 1. The van der Waals surface area contributed by atoms with Crippen LogP contribution in [0, 0.1) is 5.92 Å². The zero-order valence-corrected chi connectivity index (χ0v) is 22.0. The summed E-state index contributed by atoms with van der Waals surface area (Å²) in [7, 11) is 3.63. The van der Waals surface area contributed by atoms with E-state index < -0.39 is 11.0 Å². The van der Waals surface area contributed by atoms with E-state index in [0.717, 1.165) is 65.9 Å². The first-order valence-electron chi connectivity index (χ1n) is 13.8. The van der Waals surface area contributed by atoms with Gasteiger partial charge in [0.2, 0.25) is 0 Å². The van der Waals surface area contributed by atoms with E-state index in [4.69, 9.17) is 4.74 Å². The van der Waals surface area contributed by atoms with Crippen molar-refractivity contribution in [3.63, 3.8) is 0 Å². The molecule has 0 spiro atoms. The van der Waals surface area contributed by atoms with Crippen LogP contribution in [-0.2, 0) is 5.41 Å². The number of ether oxygens (including phenoxy) is 1. The number of hydrogen-bond acceptors (Lipinski definition) is 4. The maximum atomic E-state index is 13.7. The van der Waals surface area contributed by atoms with Crippen LogP contribution in [0.5, 0.6) is 5.75 Å². The molecule has 194 valence electrons. The normalized spacial score (nSPS) is 28.0. The maximum absolute atomic E-state index is 13.7. The van der Waals surface area contributed by atoms with Crippen molar-refractivity contribution in [3.8, 4) is 5.75 Å². The molecule has 3 aliphatic rings. The minimum Gasteiger partial charge on any atom is -0.497 e. The fraction of sp³-hybridized carbons (Fsp3) is 0.469. The molecule has 1 saturated heterocycles. The highest BCUT2D eigenvalue weighted by Gasteiger charge is 2.58. The first kappa shape index (κ1) is 24.4. The van der Waals surface area contributed by atoms with Gasteiger partial charge in [-0.2, -0.15) is 0 Å². The highest BCUT2D eigenvalue weighted by Crippen LogP contribution is 2.53. The van der Waals surface area contributed by atoms with Crippen molar-refractivity contribution < 1.29 is 14.6 Å². The SMILES string of the molecule is COc1cccc([C@@]23CCN(CC4CC4)C[C@@]2(O)CC[C@H](N(C)C(=O)c2ccc4ccccc4c2)C3)c1. The Morgan fingerprint density at radius 2 is 1.84 bits per heavy atom. The van der Waals surface area contributed by atoms with E-state index in [0.29, 0.717) is 13.0 Å². The van der Waals surface area contributed by atoms with E-state index >= 15 is 0 Å². The summed E-state index contributed by atoms with van der Waals surface area (Å²) in [5.41, 5.74) is 0.617. The molecule has 37 heavy (non-hydrogen) atoms. The van der Waals surface area contributed by atoms with Gasteiger partial charge < -0.3 is 19.6 Å². The van der Waals surface area contributed by atoms with E-state index in [1.807, 2.05) is 54.4 Å². The summed E-state index contributed by atoms with van der Waals surface area (Å²) in [5.74, 6) is 1.67. The van der Waals surface area contributed by atoms with Crippen molar-refractivity contribution in [2.75, 3.05) is 33.8 Å². The molecule has 2 saturated carbocycles. The zero-order valence-electron chi connectivity index (χ0n) is 22.0. The molecule has 1 heterocycles. The van der Waals surface area contributed by atoms with Crippen LogP contribution >= 0.6 is 0 Å². The topological polar surface area (TPSA) is 53.0 Å². The average Bonchev–Trinajstić information content (AvgIpc) is 3.75. The van der Waals surface area contributed by atoms with Crippen LogP contribution in [0.3, 0.4) is 0 Å². The van der Waals surface area contributed by atoms with Crippen molar-refractivity contribution in [1.82, 2.24) is 9.80 Å². The van der Waals surface area contributed by atoms with Crippen molar-refractivity contribution in [1.29, 1.82) is 0 Å². The summed E-state index contributed by atoms with van der Waals surface area (Å²) in [6, 6.07) is 22.4. The minimum atomic E-state index is -0.824. The molecule has 1 N–H and O–H groups in total. The minimum absolute atomic E-state index is 0.0492. The van der Waals surface area contributed by atoms with E-state index in [1.54, 1.807) is 7.11 Å². The molecule has 3 atom stereocenters. The summed E-state index contributed by atoms with van der Waals surface area (Å²) >= 11 is 0. The van der Waals surface area contributed by atoms with E-state index in [2.05, 4.69) is 29.2 Å². The Bertz CT molecular complexity index is 1300. The Balaban J connectivity index is 1.30. The fourth-order valence-electron chi connectivity index (χ4n) is 7.00. The van der Waals surface area contributed by atoms with Crippen molar-refractivity contribution in [3.05, 3.63) is 77.9 Å². The highest BCUT2D eigenvalue weighted by molar-refractivity contribution is 5.98. The second kappa shape index (κ2) is 9.45. The number of fused-ring (bicyclic) bond motifs is 2. The smallest absolute Gasteiger partial charge is 0.253 e. The molecule has 3 aromatic carbocycles. The molecule has 6 rings (SSSR count). The molecule has 2 aliphatic carbocycles. The van der Waals surface area contributed by atoms with E-state index in [1.165, 1.54) is 12.8 Å². The summed E-state index contributed by atoms with van der Waals surface area (Å²) in [4.78, 5) is 18.1. The molecule has 1 aliphatic heterocycles. The third kappa shape index (κ3) is 4.42. The Hall–Kier alpha value is -2.89. The van der Waals surface area contributed by atoms with Gasteiger partial charge in [-0.1, -0.05) is 42.5 Å². The standard InChI is InChI=1S/C32H38N2O3/c1-33(30(35)26-13-12-24-6-3-4-7-25(24)18-26)28-14-15-32(36)22-34(21-23-10-11-23)17-16-31(32,20-28)27-8-5-9-29(19-27)37-2/h3-9,12-13,18-19,23,28,36H,10-11,14-17,20-22H2,1-2H3/t28-,31-,32-/m0/s1. The second-order valence-corrected chi connectivity index (χ2v) is 11.6. The molecular formula is C32H38N2O3. The molecule has 1 amide bonds. The van der Waals surface area contributed by atoms with E-state index in [9.17, 15) is 9.90 Å². The number of methoxy groups -OCH3 is 1. The number of nitrogens with zero attached hydrogens (tertiary/aromatic N) is 2. The number of carbonyl (C=O) groups excluding carboxylic acids is 1. The van der Waals surface area contributed by atoms with Crippen molar-refractivity contribution in [2.24, 2.45) is 5.92 Å². The van der Waals surface area contributed by atoms with Crippen LogP contribution in [0.15, 0.2) is 66.7 Å². The molecule has 0 aromatic heterocycles. The lowest BCUT2D eigenvalue weighted by molar-refractivity contribution is -0.132. The lowest BCUT2D eigenvalue weighted by Crippen LogP contribution is -2.67. The Kier molecular flexibility index (Phi) is 6.24. The van der Waals surface area contributed by atoms with Crippen LogP contribution in [0.25, 0.3) is 10.8 Å². The molecule has 5 nitrogen and oxygen atoms in total. The number of aliphatic hydroxyl groups is 1. The van der Waals surface area contributed by atoms with Crippen LogP contribution in [0.4, 0.5) is 0 Å². The lowest BCUT2D eigenvalue weighted by atomic mass is 9.55.